The van der Waals surface area contributed by atoms with Crippen molar-refractivity contribution < 1.29 is 4.79 Å². The summed E-state index contributed by atoms with van der Waals surface area (Å²) in [5.74, 6) is 4.87. The van der Waals surface area contributed by atoms with Crippen molar-refractivity contribution >= 4 is 17.2 Å². The molecule has 2 rings (SSSR count). The molecule has 1 aromatic rings. The number of hydrazine groups is 1. The average Bonchev–Trinajstić information content (AvgIpc) is 2.88. The number of aryl methyl sites for hydroxylation is 1. The molecule has 0 radical (unpaired) electrons. The number of likely N-dealkylation sites (tertiary alicyclic amines) is 1. The second-order valence-corrected chi connectivity index (χ2v) is 5.06. The summed E-state index contributed by atoms with van der Waals surface area (Å²) in [7, 11) is 0. The summed E-state index contributed by atoms with van der Waals surface area (Å²) in [6, 6.07) is 0. The summed E-state index contributed by atoms with van der Waals surface area (Å²) in [6.45, 7) is 4.96. The number of hydrogen-bond donors (Lipinski definition) is 2. The molecular weight excluding hydrogens is 224 g/mol. The van der Waals surface area contributed by atoms with Gasteiger partial charge in [0.1, 0.15) is 9.88 Å². The first kappa shape index (κ1) is 11.5. The Kier molecular flexibility index (Phi) is 3.52. The van der Waals surface area contributed by atoms with E-state index < -0.39 is 0 Å². The number of rotatable bonds is 3. The highest BCUT2D eigenvalue weighted by molar-refractivity contribution is 7.13. The zero-order valence-corrected chi connectivity index (χ0v) is 10.1. The Bertz CT molecular complexity index is 384. The van der Waals surface area contributed by atoms with E-state index in [-0.39, 0.29) is 5.91 Å². The van der Waals surface area contributed by atoms with Crippen LogP contribution < -0.4 is 11.3 Å². The fraction of sp³-hybridized carbons (Fsp3) is 0.600. The van der Waals surface area contributed by atoms with E-state index in [0.29, 0.717) is 4.88 Å². The normalized spacial score (nSPS) is 16.6. The molecule has 0 unspecified atom stereocenters. The molecule has 2 heterocycles. The monoisotopic (exact) mass is 240 g/mol. The Morgan fingerprint density at radius 1 is 1.56 bits per heavy atom. The summed E-state index contributed by atoms with van der Waals surface area (Å²) < 4.78 is 0. The van der Waals surface area contributed by atoms with Crippen LogP contribution in [0.2, 0.25) is 0 Å². The van der Waals surface area contributed by atoms with Gasteiger partial charge in [0.05, 0.1) is 12.2 Å². The van der Waals surface area contributed by atoms with Gasteiger partial charge in [-0.15, -0.1) is 11.3 Å². The predicted molar refractivity (Wildman–Crippen MR) is 63.0 cm³/mol. The predicted octanol–water partition coefficient (Wildman–Crippen LogP) is 0.651. The van der Waals surface area contributed by atoms with E-state index in [9.17, 15) is 4.79 Å². The number of nitrogens with one attached hydrogen (secondary N) is 1. The van der Waals surface area contributed by atoms with Gasteiger partial charge in [0, 0.05) is 0 Å². The molecule has 1 aliphatic rings. The van der Waals surface area contributed by atoms with Gasteiger partial charge in [-0.25, -0.2) is 10.8 Å². The average molecular weight is 240 g/mol. The highest BCUT2D eigenvalue weighted by atomic mass is 32.1. The number of amides is 1. The number of nitrogens with zero attached hydrogens (tertiary/aromatic N) is 2. The Balaban J connectivity index is 2.07. The van der Waals surface area contributed by atoms with Crippen LogP contribution in [0.5, 0.6) is 0 Å². The quantitative estimate of drug-likeness (QED) is 0.462. The zero-order valence-electron chi connectivity index (χ0n) is 9.32. The van der Waals surface area contributed by atoms with Gasteiger partial charge < -0.3 is 0 Å². The molecule has 5 nitrogen and oxygen atoms in total. The fourth-order valence-electron chi connectivity index (χ4n) is 1.93. The van der Waals surface area contributed by atoms with Crippen LogP contribution in [-0.4, -0.2) is 28.9 Å². The molecule has 1 aromatic heterocycles. The minimum atomic E-state index is -0.248. The molecule has 0 spiro atoms. The van der Waals surface area contributed by atoms with Crippen LogP contribution >= 0.6 is 11.3 Å². The van der Waals surface area contributed by atoms with Crippen LogP contribution in [0.1, 0.15) is 33.2 Å². The molecule has 1 amide bonds. The summed E-state index contributed by atoms with van der Waals surface area (Å²) in [6.07, 6.45) is 2.53. The van der Waals surface area contributed by atoms with Crippen molar-refractivity contribution in [1.29, 1.82) is 0 Å². The molecule has 0 saturated carbocycles. The maximum absolute atomic E-state index is 11.4. The summed E-state index contributed by atoms with van der Waals surface area (Å²) in [5, 5.41) is 0.998. The van der Waals surface area contributed by atoms with E-state index in [1.807, 2.05) is 6.92 Å². The largest absolute Gasteiger partial charge is 0.297 e. The van der Waals surface area contributed by atoms with E-state index in [0.717, 1.165) is 30.3 Å². The molecule has 16 heavy (non-hydrogen) atoms. The molecular formula is C10H16N4OS. The van der Waals surface area contributed by atoms with Gasteiger partial charge in [-0.2, -0.15) is 0 Å². The molecule has 0 atom stereocenters. The molecule has 1 aliphatic heterocycles. The van der Waals surface area contributed by atoms with Crippen molar-refractivity contribution in [1.82, 2.24) is 15.3 Å². The highest BCUT2D eigenvalue weighted by Crippen LogP contribution is 2.21. The van der Waals surface area contributed by atoms with Crippen LogP contribution in [0.4, 0.5) is 0 Å². The molecule has 3 N–H and O–H groups in total. The van der Waals surface area contributed by atoms with Gasteiger partial charge in [0.2, 0.25) is 0 Å². The molecule has 0 aromatic carbocycles. The Hall–Kier alpha value is -0.980. The number of carbonyl (C=O) groups is 1. The third-order valence-corrected chi connectivity index (χ3v) is 3.88. The number of nitrogens with two attached hydrogens (primary N) is 1. The van der Waals surface area contributed by atoms with Crippen molar-refractivity contribution in [3.05, 3.63) is 15.6 Å². The molecule has 6 heteroatoms. The van der Waals surface area contributed by atoms with Gasteiger partial charge in [0.25, 0.3) is 5.91 Å². The number of hydrogen-bond acceptors (Lipinski definition) is 5. The number of aromatic nitrogens is 1. The fourth-order valence-corrected chi connectivity index (χ4v) is 2.94. The van der Waals surface area contributed by atoms with E-state index in [2.05, 4.69) is 15.3 Å². The molecule has 1 fully saturated rings. The van der Waals surface area contributed by atoms with Crippen molar-refractivity contribution in [3.63, 3.8) is 0 Å². The smallest absolute Gasteiger partial charge is 0.277 e. The van der Waals surface area contributed by atoms with E-state index in [1.54, 1.807) is 0 Å². The molecule has 0 aliphatic carbocycles. The minimum Gasteiger partial charge on any atom is -0.297 e. The van der Waals surface area contributed by atoms with Gasteiger partial charge in [-0.3, -0.25) is 15.1 Å². The zero-order chi connectivity index (χ0) is 11.5. The van der Waals surface area contributed by atoms with Crippen LogP contribution in [0.25, 0.3) is 0 Å². The van der Waals surface area contributed by atoms with Gasteiger partial charge in [-0.1, -0.05) is 0 Å². The van der Waals surface area contributed by atoms with E-state index in [1.165, 1.54) is 24.2 Å². The van der Waals surface area contributed by atoms with Gasteiger partial charge in [-0.05, 0) is 32.9 Å². The second-order valence-electron chi connectivity index (χ2n) is 3.98. The maximum Gasteiger partial charge on any atom is 0.277 e. The molecule has 88 valence electrons. The molecule has 0 bridgehead atoms. The first-order valence-electron chi connectivity index (χ1n) is 5.40. The van der Waals surface area contributed by atoms with Crippen molar-refractivity contribution in [2.24, 2.45) is 5.84 Å². The Labute approximate surface area is 98.6 Å². The SMILES string of the molecule is Cc1nc(CN2CCCC2)sc1C(=O)NN. The lowest BCUT2D eigenvalue weighted by molar-refractivity contribution is 0.0957. The van der Waals surface area contributed by atoms with Crippen LogP contribution in [-0.2, 0) is 6.54 Å². The summed E-state index contributed by atoms with van der Waals surface area (Å²) in [4.78, 5) is 18.8. The Morgan fingerprint density at radius 3 is 2.88 bits per heavy atom. The Morgan fingerprint density at radius 2 is 2.25 bits per heavy atom. The summed E-state index contributed by atoms with van der Waals surface area (Å²) >= 11 is 1.43. The van der Waals surface area contributed by atoms with Crippen LogP contribution in [0, 0.1) is 6.92 Å². The number of nitrogen functional groups attached to an aromatic ring is 1. The number of carbonyl (C=O) groups excluding carboxylic acids is 1. The van der Waals surface area contributed by atoms with E-state index >= 15 is 0 Å². The van der Waals surface area contributed by atoms with Crippen LogP contribution in [0.3, 0.4) is 0 Å². The van der Waals surface area contributed by atoms with Crippen molar-refractivity contribution in [3.8, 4) is 0 Å². The van der Waals surface area contributed by atoms with Crippen LogP contribution in [0.15, 0.2) is 0 Å². The lowest BCUT2D eigenvalue weighted by atomic mass is 10.4. The number of thiazole rings is 1. The van der Waals surface area contributed by atoms with E-state index in [4.69, 9.17) is 5.84 Å². The highest BCUT2D eigenvalue weighted by Gasteiger charge is 2.17. The first-order valence-corrected chi connectivity index (χ1v) is 6.22. The van der Waals surface area contributed by atoms with Crippen molar-refractivity contribution in [2.45, 2.75) is 26.3 Å². The standard InChI is InChI=1S/C10H16N4OS/c1-7-9(10(15)13-11)16-8(12-7)6-14-4-2-3-5-14/h2-6,11H2,1H3,(H,13,15). The van der Waals surface area contributed by atoms with Crippen molar-refractivity contribution in [2.75, 3.05) is 13.1 Å². The lowest BCUT2D eigenvalue weighted by Gasteiger charge is -2.11. The van der Waals surface area contributed by atoms with Gasteiger partial charge in [0.15, 0.2) is 0 Å². The third kappa shape index (κ3) is 2.40. The maximum atomic E-state index is 11.4. The first-order chi connectivity index (χ1) is 7.70. The topological polar surface area (TPSA) is 71.2 Å². The summed E-state index contributed by atoms with van der Waals surface area (Å²) in [5.41, 5.74) is 2.91. The lowest BCUT2D eigenvalue weighted by Crippen LogP contribution is -2.29. The minimum absolute atomic E-state index is 0.248. The molecule has 1 saturated heterocycles. The van der Waals surface area contributed by atoms with Gasteiger partial charge >= 0.3 is 0 Å². The second kappa shape index (κ2) is 4.90. The third-order valence-electron chi connectivity index (χ3n) is 2.74.